The van der Waals surface area contributed by atoms with Gasteiger partial charge in [0.1, 0.15) is 18.2 Å². The van der Waals surface area contributed by atoms with Crippen LogP contribution in [-0.2, 0) is 13.4 Å². The van der Waals surface area contributed by atoms with Crippen molar-refractivity contribution >= 4 is 27.6 Å². The van der Waals surface area contributed by atoms with Crippen molar-refractivity contribution in [1.82, 2.24) is 0 Å². The molecule has 0 unspecified atom stereocenters. The van der Waals surface area contributed by atoms with Crippen LogP contribution in [0.25, 0.3) is 38.0 Å². The number of hydrogen-bond acceptors (Lipinski definition) is 1. The number of fused-ring (bicyclic) bond motifs is 3. The van der Waals surface area contributed by atoms with Crippen LogP contribution >= 0.6 is 0 Å². The lowest BCUT2D eigenvalue weighted by atomic mass is 9.87. The molecule has 146 valence electrons. The highest BCUT2D eigenvalue weighted by Crippen LogP contribution is 2.38. The molecule has 29 heavy (non-hydrogen) atoms. The number of rotatable bonds is 2. The van der Waals surface area contributed by atoms with E-state index < -0.39 is 11.8 Å². The van der Waals surface area contributed by atoms with E-state index in [1.165, 1.54) is 0 Å². The number of pyridine rings is 1. The minimum Gasteiger partial charge on any atom is -0.456 e. The van der Waals surface area contributed by atoms with Crippen LogP contribution in [0, 0.1) is 25.8 Å². The smallest absolute Gasteiger partial charge is 0.216 e. The molecule has 4 rings (SSSR count). The predicted octanol–water partition coefficient (Wildman–Crippen LogP) is 6.83. The normalized spacial score (nSPS) is 13.4. The predicted molar refractivity (Wildman–Crippen MR) is 119 cm³/mol. The van der Waals surface area contributed by atoms with Gasteiger partial charge in [-0.1, -0.05) is 45.0 Å². The Labute approximate surface area is 175 Å². The maximum Gasteiger partial charge on any atom is 0.216 e. The van der Waals surface area contributed by atoms with E-state index >= 15 is 0 Å². The molecule has 0 N–H and O–H groups in total. The van der Waals surface area contributed by atoms with Gasteiger partial charge in [0, 0.05) is 32.6 Å². The standard InChI is InChI=1S/C26H27N2O/c1-16-8-10-21-20-11-9-19(27-6)14-23(20)29-25(21)24(16)22-13-18(15-26(3,4)5)12-17(2)28(22)7/h8-14H,15H2,1-5,7H3/q+1/i15D2. The number of aromatic nitrogens is 1. The van der Waals surface area contributed by atoms with Crippen LogP contribution in [0.1, 0.15) is 40.3 Å². The highest BCUT2D eigenvalue weighted by Gasteiger charge is 2.24. The summed E-state index contributed by atoms with van der Waals surface area (Å²) in [4.78, 5) is 3.52. The quantitative estimate of drug-likeness (QED) is 0.273. The molecule has 0 fully saturated rings. The van der Waals surface area contributed by atoms with Crippen molar-refractivity contribution in [2.45, 2.75) is 41.0 Å². The van der Waals surface area contributed by atoms with Crippen molar-refractivity contribution in [3.05, 3.63) is 70.7 Å². The molecule has 4 aromatic rings. The molecule has 2 aromatic carbocycles. The summed E-state index contributed by atoms with van der Waals surface area (Å²) < 4.78 is 26.0. The maximum atomic E-state index is 8.80. The first-order valence-electron chi connectivity index (χ1n) is 10.8. The summed E-state index contributed by atoms with van der Waals surface area (Å²) >= 11 is 0. The van der Waals surface area contributed by atoms with Crippen molar-refractivity contribution < 1.29 is 11.7 Å². The Kier molecular flexibility index (Phi) is 3.90. The molecule has 3 nitrogen and oxygen atoms in total. The van der Waals surface area contributed by atoms with Crippen molar-refractivity contribution in [3.8, 4) is 11.3 Å². The van der Waals surface area contributed by atoms with Gasteiger partial charge < -0.3 is 4.42 Å². The Morgan fingerprint density at radius 2 is 1.79 bits per heavy atom. The first kappa shape index (κ1) is 16.8. The van der Waals surface area contributed by atoms with Gasteiger partial charge in [-0.25, -0.2) is 4.85 Å². The van der Waals surface area contributed by atoms with Gasteiger partial charge in [-0.3, -0.25) is 0 Å². The van der Waals surface area contributed by atoms with Crippen molar-refractivity contribution in [2.24, 2.45) is 12.5 Å². The van der Waals surface area contributed by atoms with Gasteiger partial charge in [0.25, 0.3) is 0 Å². The van der Waals surface area contributed by atoms with E-state index in [0.717, 1.165) is 38.9 Å². The number of aryl methyl sites for hydroxylation is 2. The Hall–Kier alpha value is -3.12. The zero-order chi connectivity index (χ0) is 22.7. The topological polar surface area (TPSA) is 21.4 Å². The van der Waals surface area contributed by atoms with E-state index in [4.69, 9.17) is 13.7 Å². The van der Waals surface area contributed by atoms with Gasteiger partial charge in [0.15, 0.2) is 11.4 Å². The van der Waals surface area contributed by atoms with E-state index in [1.54, 1.807) is 6.07 Å². The van der Waals surface area contributed by atoms with Crippen LogP contribution in [0.3, 0.4) is 0 Å². The van der Waals surface area contributed by atoms with E-state index in [0.29, 0.717) is 16.8 Å². The van der Waals surface area contributed by atoms with Gasteiger partial charge >= 0.3 is 0 Å². The highest BCUT2D eigenvalue weighted by atomic mass is 16.3. The minimum absolute atomic E-state index is 0.548. The third-order valence-electron chi connectivity index (χ3n) is 5.29. The Morgan fingerprint density at radius 1 is 1.07 bits per heavy atom. The molecule has 0 saturated carbocycles. The van der Waals surface area contributed by atoms with Crippen LogP contribution in [0.15, 0.2) is 46.9 Å². The second kappa shape index (κ2) is 6.74. The van der Waals surface area contributed by atoms with Gasteiger partial charge in [0.05, 0.1) is 12.1 Å². The third-order valence-corrected chi connectivity index (χ3v) is 5.29. The summed E-state index contributed by atoms with van der Waals surface area (Å²) in [6.07, 6.45) is -1.50. The van der Waals surface area contributed by atoms with Crippen LogP contribution in [-0.4, -0.2) is 0 Å². The van der Waals surface area contributed by atoms with E-state index in [9.17, 15) is 0 Å². The number of furan rings is 1. The van der Waals surface area contributed by atoms with Crippen LogP contribution in [0.4, 0.5) is 5.69 Å². The van der Waals surface area contributed by atoms with Crippen molar-refractivity contribution in [2.75, 3.05) is 0 Å². The third kappa shape index (κ3) is 3.40. The molecule has 0 amide bonds. The van der Waals surface area contributed by atoms with Crippen molar-refractivity contribution in [1.29, 1.82) is 0 Å². The summed E-state index contributed by atoms with van der Waals surface area (Å²) in [6.45, 7) is 17.1. The fourth-order valence-electron chi connectivity index (χ4n) is 3.86. The zero-order valence-electron chi connectivity index (χ0n) is 19.8. The van der Waals surface area contributed by atoms with E-state index in [2.05, 4.69) is 21.5 Å². The summed E-state index contributed by atoms with van der Waals surface area (Å²) in [5.41, 5.74) is 6.01. The van der Waals surface area contributed by atoms with Gasteiger partial charge in [0.2, 0.25) is 5.69 Å². The molecule has 2 aromatic heterocycles. The SMILES string of the molecule is [2H]C([2H])(c1cc(C)[n+](C)c(-c2c(C)ccc3c2oc2cc([N+]#[C-])ccc23)c1)C(C)(C)C. The van der Waals surface area contributed by atoms with Crippen LogP contribution in [0.5, 0.6) is 0 Å². The molecule has 0 spiro atoms. The van der Waals surface area contributed by atoms with E-state index in [-0.39, 0.29) is 0 Å². The van der Waals surface area contributed by atoms with Gasteiger partial charge in [-0.05, 0) is 35.9 Å². The Morgan fingerprint density at radius 3 is 2.48 bits per heavy atom. The molecule has 0 saturated heterocycles. The number of nitrogens with zero attached hydrogens (tertiary/aromatic N) is 2. The van der Waals surface area contributed by atoms with Crippen LogP contribution in [0.2, 0.25) is 0 Å². The summed E-state index contributed by atoms with van der Waals surface area (Å²) in [5, 5.41) is 1.97. The summed E-state index contributed by atoms with van der Waals surface area (Å²) in [6, 6.07) is 13.6. The molecule has 0 atom stereocenters. The fraction of sp³-hybridized carbons (Fsp3) is 0.308. The fourth-order valence-corrected chi connectivity index (χ4v) is 3.86. The molecular weight excluding hydrogens is 356 g/mol. The first-order valence-corrected chi connectivity index (χ1v) is 9.80. The molecule has 0 aliphatic carbocycles. The monoisotopic (exact) mass is 385 g/mol. The maximum absolute atomic E-state index is 8.80. The van der Waals surface area contributed by atoms with Crippen molar-refractivity contribution in [3.63, 3.8) is 0 Å². The second-order valence-electron chi connectivity index (χ2n) is 8.73. The highest BCUT2D eigenvalue weighted by molar-refractivity contribution is 6.10. The Balaban J connectivity index is 2.07. The lowest BCUT2D eigenvalue weighted by Gasteiger charge is -2.18. The lowest BCUT2D eigenvalue weighted by Crippen LogP contribution is -2.35. The van der Waals surface area contributed by atoms with Gasteiger partial charge in [-0.2, -0.15) is 4.57 Å². The zero-order valence-corrected chi connectivity index (χ0v) is 17.8. The largest absolute Gasteiger partial charge is 0.456 e. The molecule has 0 bridgehead atoms. The Bertz CT molecular complexity index is 1390. The summed E-state index contributed by atoms with van der Waals surface area (Å²) in [5.74, 6) is 0. The van der Waals surface area contributed by atoms with Crippen LogP contribution < -0.4 is 4.57 Å². The average Bonchev–Trinajstić information content (AvgIpc) is 3.06. The molecule has 2 heterocycles. The molecular formula is C26H27N2O+. The average molecular weight is 386 g/mol. The van der Waals surface area contributed by atoms with E-state index in [1.807, 2.05) is 65.9 Å². The first-order chi connectivity index (χ1) is 14.5. The lowest BCUT2D eigenvalue weighted by molar-refractivity contribution is -0.666. The molecule has 0 aliphatic rings. The number of benzene rings is 2. The number of hydrogen-bond donors (Lipinski definition) is 0. The molecule has 0 aliphatic heterocycles. The molecule has 3 heteroatoms. The van der Waals surface area contributed by atoms with Gasteiger partial charge in [-0.15, -0.1) is 0 Å². The second-order valence-corrected chi connectivity index (χ2v) is 8.73. The summed E-state index contributed by atoms with van der Waals surface area (Å²) in [7, 11) is 2.00. The molecule has 0 radical (unpaired) electrons. The minimum atomic E-state index is -1.50.